The Morgan fingerprint density at radius 1 is 0.181 bits per heavy atom. The van der Waals surface area contributed by atoms with Gasteiger partial charge in [-0.25, -0.2) is 0 Å². The molecule has 0 spiro atoms. The van der Waals surface area contributed by atoms with Crippen LogP contribution in [-0.2, 0) is 0 Å². The lowest BCUT2D eigenvalue weighted by atomic mass is 9.72. The van der Waals surface area contributed by atoms with Crippen molar-refractivity contribution in [1.29, 1.82) is 0 Å². The highest BCUT2D eigenvalue weighted by Crippen LogP contribution is 2.46. The Bertz CT molecular complexity index is 6600. The van der Waals surface area contributed by atoms with Crippen LogP contribution in [0, 0.1) is 0 Å². The van der Waals surface area contributed by atoms with Gasteiger partial charge in [-0.3, -0.25) is 0 Å². The first-order valence-corrected chi connectivity index (χ1v) is 36.2. The molecule has 2 nitrogen and oxygen atoms in total. The second-order valence-electron chi connectivity index (χ2n) is 26.8. The van der Waals surface area contributed by atoms with Gasteiger partial charge in [-0.05, 0) is 227 Å². The van der Waals surface area contributed by atoms with Gasteiger partial charge in [0.25, 0.3) is 0 Å². The number of fused-ring (bicyclic) bond motifs is 12. The summed E-state index contributed by atoms with van der Waals surface area (Å²) in [7, 11) is -1.54. The van der Waals surface area contributed by atoms with Crippen molar-refractivity contribution < 1.29 is 10.0 Å². The van der Waals surface area contributed by atoms with E-state index in [9.17, 15) is 10.0 Å². The second-order valence-corrected chi connectivity index (χ2v) is 27.8. The highest BCUT2D eigenvalue weighted by atomic mass is 79.9. The van der Waals surface area contributed by atoms with Crippen molar-refractivity contribution in [2.24, 2.45) is 0 Å². The molecule has 0 atom stereocenters. The summed E-state index contributed by atoms with van der Waals surface area (Å²) in [5.41, 5.74) is 17.6. The van der Waals surface area contributed by atoms with Gasteiger partial charge in [0.2, 0.25) is 0 Å². The van der Waals surface area contributed by atoms with E-state index in [1.54, 1.807) is 0 Å². The van der Waals surface area contributed by atoms with E-state index in [-0.39, 0.29) is 7.43 Å². The van der Waals surface area contributed by atoms with Crippen LogP contribution in [0.25, 0.3) is 186 Å². The first-order valence-electron chi connectivity index (χ1n) is 35.4. The van der Waals surface area contributed by atoms with Crippen LogP contribution < -0.4 is 5.46 Å². The molecular formula is C101H70BBrO2. The molecule has 4 heteroatoms. The average molecular weight is 1410 g/mol. The predicted molar refractivity (Wildman–Crippen MR) is 457 cm³/mol. The van der Waals surface area contributed by atoms with Crippen LogP contribution in [0.3, 0.4) is 0 Å². The Morgan fingerprint density at radius 2 is 0.457 bits per heavy atom. The van der Waals surface area contributed by atoms with Gasteiger partial charge >= 0.3 is 7.12 Å². The van der Waals surface area contributed by atoms with Crippen LogP contribution in [0.2, 0.25) is 0 Å². The van der Waals surface area contributed by atoms with Gasteiger partial charge in [0.05, 0.1) is 0 Å². The smallest absolute Gasteiger partial charge is 0.423 e. The summed E-state index contributed by atoms with van der Waals surface area (Å²) in [6, 6.07) is 139. The molecular weight excluding hydrogens is 1340 g/mol. The summed E-state index contributed by atoms with van der Waals surface area (Å²) in [6.07, 6.45) is 0. The maximum atomic E-state index is 10.2. The summed E-state index contributed by atoms with van der Waals surface area (Å²) in [5.74, 6) is 0. The van der Waals surface area contributed by atoms with Crippen molar-refractivity contribution in [2.45, 2.75) is 7.43 Å². The summed E-state index contributed by atoms with van der Waals surface area (Å²) in [5, 5.41) is 44.6. The maximum absolute atomic E-state index is 10.2. The van der Waals surface area contributed by atoms with Crippen LogP contribution >= 0.6 is 15.9 Å². The van der Waals surface area contributed by atoms with Gasteiger partial charge in [0.1, 0.15) is 0 Å². The van der Waals surface area contributed by atoms with E-state index in [0.717, 1.165) is 42.7 Å². The molecule has 0 bridgehead atoms. The van der Waals surface area contributed by atoms with Crippen LogP contribution in [0.5, 0.6) is 0 Å². The van der Waals surface area contributed by atoms with Gasteiger partial charge in [-0.1, -0.05) is 375 Å². The fourth-order valence-corrected chi connectivity index (χ4v) is 16.2. The van der Waals surface area contributed by atoms with Crippen LogP contribution in [0.1, 0.15) is 7.43 Å². The Balaban J connectivity index is 0.000000127. The van der Waals surface area contributed by atoms with Crippen molar-refractivity contribution in [2.75, 3.05) is 0 Å². The fraction of sp³-hybridized carbons (Fsp3) is 0.00990. The van der Waals surface area contributed by atoms with Crippen LogP contribution in [-0.4, -0.2) is 17.2 Å². The molecule has 0 aliphatic carbocycles. The van der Waals surface area contributed by atoms with E-state index in [1.807, 2.05) is 36.4 Å². The van der Waals surface area contributed by atoms with Crippen molar-refractivity contribution in [1.82, 2.24) is 0 Å². The number of hydrogen-bond acceptors (Lipinski definition) is 2. The first-order chi connectivity index (χ1) is 51.3. The van der Waals surface area contributed by atoms with E-state index in [0.29, 0.717) is 5.46 Å². The number of benzene rings is 20. The quantitative estimate of drug-likeness (QED) is 0.0904. The Kier molecular flexibility index (Phi) is 17.8. The van der Waals surface area contributed by atoms with Crippen molar-refractivity contribution in [3.8, 4) is 77.9 Å². The summed E-state index contributed by atoms with van der Waals surface area (Å²) in [6.45, 7) is 0. The largest absolute Gasteiger partial charge is 0.489 e. The fourth-order valence-electron chi connectivity index (χ4n) is 16.0. The molecule has 0 aliphatic heterocycles. The molecule has 2 N–H and O–H groups in total. The minimum Gasteiger partial charge on any atom is -0.423 e. The monoisotopic (exact) mass is 1400 g/mol. The molecule has 20 aromatic carbocycles. The molecule has 105 heavy (non-hydrogen) atoms. The molecule has 0 heterocycles. The number of halogens is 1. The van der Waals surface area contributed by atoms with E-state index >= 15 is 0 Å². The summed E-state index contributed by atoms with van der Waals surface area (Å²) < 4.78 is 1.11. The maximum Gasteiger partial charge on any atom is 0.489 e. The average Bonchev–Trinajstić information content (AvgIpc) is 0.745. The van der Waals surface area contributed by atoms with E-state index in [4.69, 9.17) is 0 Å². The Morgan fingerprint density at radius 3 is 0.867 bits per heavy atom. The standard InChI is InChI=1S/C50H32.C30H21BO2.C20H13Br.CH4/c1-2-13-37-31-39(28-23-33(37)11-1)38-14-9-15-40(32-38)50-47-19-7-5-17-45(47)49(46-18-6-8-20-48(46)50)36-26-24-35(25-27-36)42-21-10-22-43-41-16-4-3-12-34(41)29-30-44(42)43;32-31(33)30-27-14-5-3-12-25(27)29(26-13-4-6-15-28(26)30)24-11-7-10-22(19-24)23-17-16-20-8-1-2-9-21(20)18-23;21-16-11-8-15(9-12-16)18-6-3-7-19-17-5-2-1-4-14(17)10-13-20(18)19;/h1-32H;1-19,32-33H;1-13H;1H4. The van der Waals surface area contributed by atoms with E-state index < -0.39 is 7.12 Å². The predicted octanol–water partition coefficient (Wildman–Crippen LogP) is 27.3. The lowest BCUT2D eigenvalue weighted by Crippen LogP contribution is -2.31. The zero-order chi connectivity index (χ0) is 69.6. The zero-order valence-electron chi connectivity index (χ0n) is 56.8. The SMILES string of the molecule is Brc1ccc(-c2cccc3c2ccc2ccccc23)cc1.C.OB(O)c1c2ccccc2c(-c2cccc(-c3ccc4ccccc4c3)c2)c2ccccc12.c1cc(-c2ccc3ccccc3c2)cc(-c2c3ccccc3c(-c3ccc(-c4cccc5c4ccc4ccccc45)cc3)c3ccccc23)c1. The van der Waals surface area contributed by atoms with Crippen molar-refractivity contribution >= 4 is 136 Å². The third-order valence-electron chi connectivity index (χ3n) is 20.8. The molecule has 0 saturated heterocycles. The van der Waals surface area contributed by atoms with Gasteiger partial charge < -0.3 is 10.0 Å². The molecule has 0 amide bonds. The lowest BCUT2D eigenvalue weighted by molar-refractivity contribution is 0.426. The second kappa shape index (κ2) is 28.4. The summed E-state index contributed by atoms with van der Waals surface area (Å²) in [4.78, 5) is 0. The molecule has 0 radical (unpaired) electrons. The minimum absolute atomic E-state index is 0. The third-order valence-corrected chi connectivity index (χ3v) is 21.4. The molecule has 0 unspecified atom stereocenters. The Hall–Kier alpha value is -12.5. The molecule has 0 aliphatic rings. The molecule has 20 rings (SSSR count). The molecule has 0 saturated carbocycles. The molecule has 0 fully saturated rings. The highest BCUT2D eigenvalue weighted by Gasteiger charge is 2.23. The molecule has 20 aromatic rings. The minimum atomic E-state index is -1.54. The van der Waals surface area contributed by atoms with Crippen LogP contribution in [0.15, 0.2) is 393 Å². The van der Waals surface area contributed by atoms with Crippen LogP contribution in [0.4, 0.5) is 0 Å². The summed E-state index contributed by atoms with van der Waals surface area (Å²) >= 11 is 3.50. The van der Waals surface area contributed by atoms with E-state index in [2.05, 4.69) is 368 Å². The zero-order valence-corrected chi connectivity index (χ0v) is 58.4. The molecule has 0 aromatic heterocycles. The van der Waals surface area contributed by atoms with Gasteiger partial charge in [0.15, 0.2) is 0 Å². The van der Waals surface area contributed by atoms with Gasteiger partial charge in [-0.2, -0.15) is 0 Å². The van der Waals surface area contributed by atoms with Crippen molar-refractivity contribution in [3.05, 3.63) is 393 Å². The van der Waals surface area contributed by atoms with Gasteiger partial charge in [-0.15, -0.1) is 0 Å². The van der Waals surface area contributed by atoms with Crippen molar-refractivity contribution in [3.63, 3.8) is 0 Å². The van der Waals surface area contributed by atoms with Gasteiger partial charge in [0, 0.05) is 4.47 Å². The Labute approximate surface area is 619 Å². The number of hydrogen-bond donors (Lipinski definition) is 2. The normalized spacial score (nSPS) is 11.3. The third kappa shape index (κ3) is 12.4. The van der Waals surface area contributed by atoms with E-state index in [1.165, 1.54) is 147 Å². The topological polar surface area (TPSA) is 40.5 Å². The highest BCUT2D eigenvalue weighted by molar-refractivity contribution is 9.10. The first kappa shape index (κ1) is 65.8. The molecule has 496 valence electrons. The lowest BCUT2D eigenvalue weighted by Gasteiger charge is -2.18. The number of rotatable bonds is 8.